The molecule has 2 aromatic rings. The summed E-state index contributed by atoms with van der Waals surface area (Å²) in [6.07, 6.45) is 4.50. The van der Waals surface area contributed by atoms with Gasteiger partial charge in [0.25, 0.3) is 0 Å². The van der Waals surface area contributed by atoms with Crippen LogP contribution in [-0.2, 0) is 4.74 Å². The van der Waals surface area contributed by atoms with E-state index in [1.165, 1.54) is 25.9 Å². The third-order valence-corrected chi connectivity index (χ3v) is 7.56. The van der Waals surface area contributed by atoms with Crippen LogP contribution in [-0.4, -0.2) is 65.1 Å². The van der Waals surface area contributed by atoms with E-state index in [4.69, 9.17) is 9.73 Å². The van der Waals surface area contributed by atoms with Crippen LogP contribution in [0.2, 0.25) is 0 Å². The average molecular weight is 417 g/mol. The normalized spacial score (nSPS) is 24.9. The molecule has 2 unspecified atom stereocenters. The minimum atomic E-state index is -0.209. The number of aromatic amines is 1. The lowest BCUT2D eigenvalue weighted by Gasteiger charge is -2.26. The fourth-order valence-corrected chi connectivity index (χ4v) is 5.83. The average Bonchev–Trinajstić information content (AvgIpc) is 3.47. The largest absolute Gasteiger partial charge is 0.381 e. The number of nitrogens with zero attached hydrogens (tertiary/aromatic N) is 2. The number of anilines is 1. The van der Waals surface area contributed by atoms with Crippen LogP contribution in [0.25, 0.3) is 10.9 Å². The van der Waals surface area contributed by atoms with E-state index in [0.29, 0.717) is 18.1 Å². The molecule has 0 bridgehead atoms. The Labute approximate surface area is 175 Å². The number of fused-ring (bicyclic) bond motifs is 1. The summed E-state index contributed by atoms with van der Waals surface area (Å²) in [6.45, 7) is 6.21. The molecule has 2 saturated heterocycles. The van der Waals surface area contributed by atoms with Crippen molar-refractivity contribution in [3.05, 3.63) is 29.7 Å². The maximum Gasteiger partial charge on any atom is 0.126 e. The molecular formula is C22H29FN4OS. The van der Waals surface area contributed by atoms with Crippen molar-refractivity contribution in [2.45, 2.75) is 50.7 Å². The highest BCUT2D eigenvalue weighted by Gasteiger charge is 2.30. The van der Waals surface area contributed by atoms with Gasteiger partial charge in [0.15, 0.2) is 0 Å². The first-order chi connectivity index (χ1) is 14.2. The van der Waals surface area contributed by atoms with Crippen LogP contribution in [0.15, 0.2) is 23.2 Å². The molecule has 0 saturated carbocycles. The van der Waals surface area contributed by atoms with Crippen molar-refractivity contribution in [2.24, 2.45) is 4.99 Å². The second kappa shape index (κ2) is 8.28. The first-order valence-corrected chi connectivity index (χ1v) is 11.8. The zero-order chi connectivity index (χ0) is 19.8. The van der Waals surface area contributed by atoms with Gasteiger partial charge in [0.1, 0.15) is 10.9 Å². The Hall–Kier alpha value is -1.57. The standard InChI is InChI=1S/C22H29FN4OS/c1-14(27-6-2-3-7-27)20-13-29-22(26-20)19-11-15-10-16(23)12-18(21(15)25-19)24-17-4-8-28-9-5-17/h10-12,14,17,20,24-25H,2-9,13H2,1H3. The smallest absolute Gasteiger partial charge is 0.126 e. The molecule has 5 rings (SSSR count). The predicted molar refractivity (Wildman–Crippen MR) is 119 cm³/mol. The number of hydrogen-bond donors (Lipinski definition) is 2. The number of aliphatic imine (C=N–C) groups is 1. The second-order valence-electron chi connectivity index (χ2n) is 8.43. The highest BCUT2D eigenvalue weighted by molar-refractivity contribution is 8.14. The molecule has 29 heavy (non-hydrogen) atoms. The fourth-order valence-electron chi connectivity index (χ4n) is 4.67. The molecule has 156 valence electrons. The van der Waals surface area contributed by atoms with Crippen molar-refractivity contribution < 1.29 is 9.13 Å². The van der Waals surface area contributed by atoms with Crippen molar-refractivity contribution in [3.63, 3.8) is 0 Å². The van der Waals surface area contributed by atoms with E-state index in [2.05, 4.69) is 22.1 Å². The third kappa shape index (κ3) is 4.05. The first-order valence-electron chi connectivity index (χ1n) is 10.8. The summed E-state index contributed by atoms with van der Waals surface area (Å²) < 4.78 is 19.7. The lowest BCUT2D eigenvalue weighted by molar-refractivity contribution is 0.0905. The molecule has 2 N–H and O–H groups in total. The van der Waals surface area contributed by atoms with Gasteiger partial charge in [-0.3, -0.25) is 9.89 Å². The SMILES string of the molecule is CC(C1CSC(c2cc3cc(F)cc(NC4CCOCC4)c3[nH]2)=N1)N1CCCC1. The zero-order valence-electron chi connectivity index (χ0n) is 16.9. The molecule has 0 amide bonds. The molecule has 2 atom stereocenters. The van der Waals surface area contributed by atoms with Gasteiger partial charge in [0.05, 0.1) is 22.9 Å². The van der Waals surface area contributed by atoms with Crippen molar-refractivity contribution in [2.75, 3.05) is 37.4 Å². The van der Waals surface area contributed by atoms with E-state index in [9.17, 15) is 4.39 Å². The van der Waals surface area contributed by atoms with Gasteiger partial charge in [-0.25, -0.2) is 4.39 Å². The number of H-pyrrole nitrogens is 1. The van der Waals surface area contributed by atoms with Crippen LogP contribution >= 0.6 is 11.8 Å². The van der Waals surface area contributed by atoms with Crippen LogP contribution in [0.4, 0.5) is 10.1 Å². The van der Waals surface area contributed by atoms with Gasteiger partial charge in [0, 0.05) is 36.4 Å². The summed E-state index contributed by atoms with van der Waals surface area (Å²) in [6, 6.07) is 6.38. The summed E-state index contributed by atoms with van der Waals surface area (Å²) >= 11 is 1.81. The van der Waals surface area contributed by atoms with E-state index in [1.807, 2.05) is 17.8 Å². The predicted octanol–water partition coefficient (Wildman–Crippen LogP) is 4.24. The Morgan fingerprint density at radius 1 is 1.24 bits per heavy atom. The summed E-state index contributed by atoms with van der Waals surface area (Å²) in [5.41, 5.74) is 2.80. The maximum atomic E-state index is 14.3. The Morgan fingerprint density at radius 2 is 2.03 bits per heavy atom. The molecular weight excluding hydrogens is 387 g/mol. The highest BCUT2D eigenvalue weighted by Crippen LogP contribution is 2.32. The van der Waals surface area contributed by atoms with Crippen LogP contribution in [0.1, 0.15) is 38.3 Å². The molecule has 3 aliphatic heterocycles. The summed E-state index contributed by atoms with van der Waals surface area (Å²) in [4.78, 5) is 11.1. The second-order valence-corrected chi connectivity index (χ2v) is 9.44. The number of thioether (sulfide) groups is 1. The molecule has 3 aliphatic rings. The first kappa shape index (κ1) is 19.4. The number of hydrogen-bond acceptors (Lipinski definition) is 5. The van der Waals surface area contributed by atoms with Crippen molar-refractivity contribution in [3.8, 4) is 0 Å². The molecule has 1 aromatic carbocycles. The van der Waals surface area contributed by atoms with E-state index in [0.717, 1.165) is 59.1 Å². The van der Waals surface area contributed by atoms with Gasteiger partial charge in [-0.05, 0) is 63.9 Å². The molecule has 4 heterocycles. The molecule has 1 aromatic heterocycles. The number of ether oxygens (including phenoxy) is 1. The third-order valence-electron chi connectivity index (χ3n) is 6.45. The maximum absolute atomic E-state index is 14.3. The van der Waals surface area contributed by atoms with Crippen LogP contribution in [0.5, 0.6) is 0 Å². The van der Waals surface area contributed by atoms with E-state index in [1.54, 1.807) is 12.1 Å². The number of rotatable bonds is 5. The number of nitrogens with one attached hydrogen (secondary N) is 2. The van der Waals surface area contributed by atoms with Crippen LogP contribution < -0.4 is 5.32 Å². The van der Waals surface area contributed by atoms with Crippen LogP contribution in [0, 0.1) is 5.82 Å². The Balaban J connectivity index is 1.39. The quantitative estimate of drug-likeness (QED) is 0.765. The molecule has 5 nitrogen and oxygen atoms in total. The zero-order valence-corrected chi connectivity index (χ0v) is 17.7. The van der Waals surface area contributed by atoms with Gasteiger partial charge in [0.2, 0.25) is 0 Å². The van der Waals surface area contributed by atoms with E-state index < -0.39 is 0 Å². The minimum absolute atomic E-state index is 0.209. The molecule has 2 fully saturated rings. The van der Waals surface area contributed by atoms with Gasteiger partial charge >= 0.3 is 0 Å². The Kier molecular flexibility index (Phi) is 5.54. The van der Waals surface area contributed by atoms with Crippen molar-refractivity contribution in [1.82, 2.24) is 9.88 Å². The lowest BCUT2D eigenvalue weighted by Crippen LogP contribution is -2.39. The minimum Gasteiger partial charge on any atom is -0.381 e. The van der Waals surface area contributed by atoms with E-state index in [-0.39, 0.29) is 5.82 Å². The molecule has 0 radical (unpaired) electrons. The number of halogens is 1. The topological polar surface area (TPSA) is 52.6 Å². The lowest BCUT2D eigenvalue weighted by atomic mass is 10.1. The number of likely N-dealkylation sites (tertiary alicyclic amines) is 1. The molecule has 0 spiro atoms. The molecule has 7 heteroatoms. The fraction of sp³-hybridized carbons (Fsp3) is 0.591. The summed E-state index contributed by atoms with van der Waals surface area (Å²) in [5.74, 6) is 0.809. The number of aromatic nitrogens is 1. The van der Waals surface area contributed by atoms with Gasteiger partial charge in [-0.15, -0.1) is 11.8 Å². The Bertz CT molecular complexity index is 902. The van der Waals surface area contributed by atoms with Crippen LogP contribution in [0.3, 0.4) is 0 Å². The monoisotopic (exact) mass is 416 g/mol. The van der Waals surface area contributed by atoms with Gasteiger partial charge in [-0.2, -0.15) is 0 Å². The van der Waals surface area contributed by atoms with Crippen molar-refractivity contribution in [1.29, 1.82) is 0 Å². The van der Waals surface area contributed by atoms with E-state index >= 15 is 0 Å². The number of benzene rings is 1. The van der Waals surface area contributed by atoms with Gasteiger partial charge < -0.3 is 15.0 Å². The van der Waals surface area contributed by atoms with Crippen molar-refractivity contribution >= 4 is 33.4 Å². The molecule has 0 aliphatic carbocycles. The highest BCUT2D eigenvalue weighted by atomic mass is 32.2. The summed E-state index contributed by atoms with van der Waals surface area (Å²) in [5, 5.41) is 5.48. The summed E-state index contributed by atoms with van der Waals surface area (Å²) in [7, 11) is 0. The Morgan fingerprint density at radius 3 is 2.83 bits per heavy atom. The van der Waals surface area contributed by atoms with Gasteiger partial charge in [-0.1, -0.05) is 0 Å².